The molecule has 43 heavy (non-hydrogen) atoms. The lowest BCUT2D eigenvalue weighted by atomic mass is 9.78. The van der Waals surface area contributed by atoms with E-state index in [1.54, 1.807) is 12.1 Å². The van der Waals surface area contributed by atoms with E-state index in [0.29, 0.717) is 17.3 Å². The summed E-state index contributed by atoms with van der Waals surface area (Å²) in [5.41, 5.74) is 8.38. The van der Waals surface area contributed by atoms with E-state index in [4.69, 9.17) is 15.2 Å². The molecule has 1 aliphatic carbocycles. The number of hydrogen-bond donors (Lipinski definition) is 3. The van der Waals surface area contributed by atoms with Gasteiger partial charge in [-0.05, 0) is 79.5 Å². The first-order valence-electron chi connectivity index (χ1n) is 15.0. The van der Waals surface area contributed by atoms with Crippen molar-refractivity contribution in [2.75, 3.05) is 62.3 Å². The number of fused-ring (bicyclic) bond motifs is 3. The lowest BCUT2D eigenvalue weighted by Crippen LogP contribution is -2.44. The fraction of sp³-hybridized carbons (Fsp3) is 0.286. The smallest absolute Gasteiger partial charge is 0.223 e. The molecular weight excluding hydrogens is 532 g/mol. The summed E-state index contributed by atoms with van der Waals surface area (Å²) in [5, 5.41) is 19.0. The van der Waals surface area contributed by atoms with Gasteiger partial charge >= 0.3 is 0 Å². The number of piperazine rings is 1. The molecule has 3 aromatic carbocycles. The summed E-state index contributed by atoms with van der Waals surface area (Å²) >= 11 is 0. The Morgan fingerprint density at radius 1 is 0.953 bits per heavy atom. The van der Waals surface area contributed by atoms with E-state index in [-0.39, 0.29) is 5.92 Å². The topological polar surface area (TPSA) is 92.1 Å². The zero-order chi connectivity index (χ0) is 29.6. The highest BCUT2D eigenvalue weighted by Crippen LogP contribution is 2.42. The second-order valence-corrected chi connectivity index (χ2v) is 11.4. The molecule has 1 aromatic heterocycles. The van der Waals surface area contributed by atoms with E-state index in [1.807, 2.05) is 18.3 Å². The van der Waals surface area contributed by atoms with Gasteiger partial charge in [-0.25, -0.2) is 9.97 Å². The molecule has 2 aliphatic rings. The van der Waals surface area contributed by atoms with Crippen molar-refractivity contribution < 1.29 is 0 Å². The second kappa shape index (κ2) is 13.1. The molecule has 6 rings (SSSR count). The number of hydrogen-bond acceptors (Lipinski definition) is 8. The van der Waals surface area contributed by atoms with Crippen LogP contribution in [0.25, 0.3) is 11.3 Å². The van der Waals surface area contributed by atoms with Crippen molar-refractivity contribution in [3.63, 3.8) is 0 Å². The van der Waals surface area contributed by atoms with Gasteiger partial charge in [-0.3, -0.25) is 0 Å². The Bertz CT molecular complexity index is 1600. The van der Waals surface area contributed by atoms with Crippen molar-refractivity contribution in [1.82, 2.24) is 19.8 Å². The molecular formula is C35H38N8. The van der Waals surface area contributed by atoms with Gasteiger partial charge in [-0.2, -0.15) is 5.26 Å². The number of anilines is 3. The number of nitriles is 1. The molecule has 1 unspecified atom stereocenters. The number of nitrogens with one attached hydrogen (secondary N) is 3. The third-order valence-corrected chi connectivity index (χ3v) is 8.33. The summed E-state index contributed by atoms with van der Waals surface area (Å²) in [6.07, 6.45) is 3.94. The van der Waals surface area contributed by atoms with Gasteiger partial charge < -0.3 is 25.8 Å². The zero-order valence-electron chi connectivity index (χ0n) is 24.7. The summed E-state index contributed by atoms with van der Waals surface area (Å²) in [4.78, 5) is 14.6. The maximum Gasteiger partial charge on any atom is 0.223 e. The van der Waals surface area contributed by atoms with Crippen LogP contribution < -0.4 is 16.0 Å². The van der Waals surface area contributed by atoms with Crippen LogP contribution in [0.5, 0.6) is 0 Å². The average molecular weight is 571 g/mol. The molecule has 0 bridgehead atoms. The number of aromatic nitrogens is 2. The Balaban J connectivity index is 1.09. The van der Waals surface area contributed by atoms with Gasteiger partial charge in [0.2, 0.25) is 5.95 Å². The van der Waals surface area contributed by atoms with Gasteiger partial charge in [-0.1, -0.05) is 43.0 Å². The predicted octanol–water partition coefficient (Wildman–Crippen LogP) is 5.75. The van der Waals surface area contributed by atoms with Crippen LogP contribution in [0.3, 0.4) is 0 Å². The van der Waals surface area contributed by atoms with Crippen molar-refractivity contribution in [3.05, 3.63) is 114 Å². The van der Waals surface area contributed by atoms with E-state index in [1.165, 1.54) is 22.3 Å². The lowest BCUT2D eigenvalue weighted by molar-refractivity contribution is 0.154. The molecule has 8 nitrogen and oxygen atoms in total. The summed E-state index contributed by atoms with van der Waals surface area (Å²) in [6, 6.07) is 26.6. The first-order valence-corrected chi connectivity index (χ1v) is 15.0. The Kier molecular flexibility index (Phi) is 8.64. The molecule has 0 saturated carbocycles. The largest absolute Gasteiger partial charge is 0.354 e. The van der Waals surface area contributed by atoms with Gasteiger partial charge in [0.1, 0.15) is 5.82 Å². The molecule has 4 aromatic rings. The van der Waals surface area contributed by atoms with Gasteiger partial charge in [0.25, 0.3) is 0 Å². The number of rotatable bonds is 10. The van der Waals surface area contributed by atoms with E-state index in [2.05, 4.69) is 94.0 Å². The summed E-state index contributed by atoms with van der Waals surface area (Å²) < 4.78 is 0. The Morgan fingerprint density at radius 2 is 1.65 bits per heavy atom. The third kappa shape index (κ3) is 6.86. The third-order valence-electron chi connectivity index (χ3n) is 8.33. The highest BCUT2D eigenvalue weighted by molar-refractivity contribution is 5.72. The Labute approximate surface area is 254 Å². The maximum atomic E-state index is 9.00. The van der Waals surface area contributed by atoms with Crippen LogP contribution >= 0.6 is 0 Å². The Hall–Kier alpha value is -4.71. The van der Waals surface area contributed by atoms with Crippen LogP contribution in [0, 0.1) is 11.3 Å². The van der Waals surface area contributed by atoms with Crippen LogP contribution in [0.4, 0.5) is 17.3 Å². The van der Waals surface area contributed by atoms with Crippen LogP contribution in [0.2, 0.25) is 0 Å². The minimum atomic E-state index is 0.226. The first kappa shape index (κ1) is 28.4. The normalized spacial score (nSPS) is 16.4. The molecule has 1 aliphatic heterocycles. The minimum Gasteiger partial charge on any atom is -0.354 e. The van der Waals surface area contributed by atoms with Gasteiger partial charge in [0, 0.05) is 61.8 Å². The number of likely N-dealkylation sites (N-methyl/N-ethyl adjacent to an activating group) is 1. The fourth-order valence-corrected chi connectivity index (χ4v) is 5.90. The van der Waals surface area contributed by atoms with Crippen LogP contribution in [-0.4, -0.2) is 66.1 Å². The molecule has 0 amide bonds. The van der Waals surface area contributed by atoms with E-state index in [9.17, 15) is 0 Å². The maximum absolute atomic E-state index is 9.00. The molecule has 0 radical (unpaired) electrons. The molecule has 2 heterocycles. The van der Waals surface area contributed by atoms with Crippen molar-refractivity contribution in [1.29, 1.82) is 5.26 Å². The molecule has 1 fully saturated rings. The van der Waals surface area contributed by atoms with Crippen LogP contribution in [0.15, 0.2) is 91.4 Å². The predicted molar refractivity (Wildman–Crippen MR) is 174 cm³/mol. The monoisotopic (exact) mass is 570 g/mol. The molecule has 1 atom stereocenters. The Morgan fingerprint density at radius 3 is 2.37 bits per heavy atom. The van der Waals surface area contributed by atoms with Crippen LogP contribution in [-0.2, 0) is 6.42 Å². The van der Waals surface area contributed by atoms with Crippen molar-refractivity contribution >= 4 is 17.3 Å². The minimum absolute atomic E-state index is 0.226. The second-order valence-electron chi connectivity index (χ2n) is 11.4. The lowest BCUT2D eigenvalue weighted by Gasteiger charge is -2.32. The van der Waals surface area contributed by atoms with Crippen molar-refractivity contribution in [2.24, 2.45) is 0 Å². The highest BCUT2D eigenvalue weighted by Gasteiger charge is 2.27. The number of benzene rings is 3. The standard InChI is InChI=1S/C35H38N8/c1-25(39-29-12-8-26(23-36)9-13-29)40-30-14-10-27(11-15-30)33-22-28-24-38-35(41-34(28)32-7-4-3-6-31(32)33)37-16-5-17-43-20-18-42(2)19-21-43/h3-4,6-15,24,33,39-40H,1,5,16-22H2,2H3,(H,37,38,41). The number of nitrogens with zero attached hydrogens (tertiary/aromatic N) is 5. The molecule has 8 heteroatoms. The van der Waals surface area contributed by atoms with Crippen molar-refractivity contribution in [3.8, 4) is 17.3 Å². The quantitative estimate of drug-likeness (QED) is 0.208. The van der Waals surface area contributed by atoms with E-state index in [0.717, 1.165) is 69.2 Å². The average Bonchev–Trinajstić information content (AvgIpc) is 3.04. The summed E-state index contributed by atoms with van der Waals surface area (Å²) in [6.45, 7) is 10.7. The molecule has 218 valence electrons. The van der Waals surface area contributed by atoms with Crippen LogP contribution in [0.1, 0.15) is 34.6 Å². The highest BCUT2D eigenvalue weighted by atomic mass is 15.2. The first-order chi connectivity index (χ1) is 21.1. The summed E-state index contributed by atoms with van der Waals surface area (Å²) in [7, 11) is 2.19. The van der Waals surface area contributed by atoms with Crippen molar-refractivity contribution in [2.45, 2.75) is 18.8 Å². The molecule has 0 spiro atoms. The summed E-state index contributed by atoms with van der Waals surface area (Å²) in [5.74, 6) is 1.59. The van der Waals surface area contributed by atoms with Gasteiger partial charge in [-0.15, -0.1) is 0 Å². The van der Waals surface area contributed by atoms with Gasteiger partial charge in [0.05, 0.1) is 17.3 Å². The SMILES string of the molecule is C=C(Nc1ccc(C#N)cc1)Nc1ccc(C2Cc3cnc(NCCCN4CCN(C)CC4)nc3-c3ccccc32)cc1. The van der Waals surface area contributed by atoms with E-state index >= 15 is 0 Å². The van der Waals surface area contributed by atoms with E-state index < -0.39 is 0 Å². The molecule has 1 saturated heterocycles. The molecule has 3 N–H and O–H groups in total. The van der Waals surface area contributed by atoms with Gasteiger partial charge in [0.15, 0.2) is 0 Å². The zero-order valence-corrected chi connectivity index (χ0v) is 24.7. The fourth-order valence-electron chi connectivity index (χ4n) is 5.90.